The van der Waals surface area contributed by atoms with Crippen molar-refractivity contribution >= 4 is 29.1 Å². The molecular weight excluding hydrogens is 420 g/mol. The molecule has 10 nitrogen and oxygen atoms in total. The first-order chi connectivity index (χ1) is 15.9. The summed E-state index contributed by atoms with van der Waals surface area (Å²) in [7, 11) is 3.82. The number of nitrogens with zero attached hydrogens (tertiary/aromatic N) is 6. The molecule has 0 aliphatic carbocycles. The lowest BCUT2D eigenvalue weighted by Crippen LogP contribution is -2.36. The van der Waals surface area contributed by atoms with Gasteiger partial charge in [0.25, 0.3) is 5.91 Å². The third-order valence-corrected chi connectivity index (χ3v) is 5.76. The number of rotatable bonds is 7. The van der Waals surface area contributed by atoms with Gasteiger partial charge in [-0.05, 0) is 24.6 Å². The van der Waals surface area contributed by atoms with Crippen LogP contribution in [0.5, 0.6) is 0 Å². The highest BCUT2D eigenvalue weighted by molar-refractivity contribution is 5.96. The maximum atomic E-state index is 12.0. The summed E-state index contributed by atoms with van der Waals surface area (Å²) in [6.45, 7) is 4.77. The molecule has 10 heteroatoms. The van der Waals surface area contributed by atoms with Gasteiger partial charge in [0.15, 0.2) is 11.5 Å². The van der Waals surface area contributed by atoms with Crippen LogP contribution in [0.1, 0.15) is 16.9 Å². The highest BCUT2D eigenvalue weighted by atomic mass is 16.2. The molecule has 1 fully saturated rings. The molecule has 0 saturated carbocycles. The second-order valence-corrected chi connectivity index (χ2v) is 7.90. The number of aryl methyl sites for hydroxylation is 1. The summed E-state index contributed by atoms with van der Waals surface area (Å²) < 4.78 is 1.92. The van der Waals surface area contributed by atoms with E-state index in [-0.39, 0.29) is 23.5 Å². The molecule has 1 aliphatic heterocycles. The van der Waals surface area contributed by atoms with Gasteiger partial charge in [0.1, 0.15) is 11.6 Å². The predicted molar refractivity (Wildman–Crippen MR) is 126 cm³/mol. The van der Waals surface area contributed by atoms with E-state index in [9.17, 15) is 9.59 Å². The molecule has 2 amide bonds. The summed E-state index contributed by atoms with van der Waals surface area (Å²) in [5, 5.41) is 3.18. The molecule has 1 atom stereocenters. The van der Waals surface area contributed by atoms with Crippen molar-refractivity contribution < 1.29 is 9.59 Å². The number of nitrogens with one attached hydrogen (secondary N) is 1. The number of nitrogens with two attached hydrogens (primary N) is 1. The van der Waals surface area contributed by atoms with Crippen LogP contribution < -0.4 is 16.0 Å². The van der Waals surface area contributed by atoms with Crippen molar-refractivity contribution in [2.45, 2.75) is 12.5 Å². The molecule has 3 heterocycles. The van der Waals surface area contributed by atoms with E-state index in [0.717, 1.165) is 23.5 Å². The first-order valence-electron chi connectivity index (χ1n) is 10.5. The largest absolute Gasteiger partial charge is 0.364 e. The predicted octanol–water partition coefficient (Wildman–Crippen LogP) is 1.94. The number of hydrogen-bond acceptors (Lipinski definition) is 7. The fourth-order valence-electron chi connectivity index (χ4n) is 3.91. The monoisotopic (exact) mass is 446 g/mol. The molecule has 4 rings (SSSR count). The van der Waals surface area contributed by atoms with Crippen LogP contribution in [0.3, 0.4) is 0 Å². The van der Waals surface area contributed by atoms with Crippen molar-refractivity contribution in [1.82, 2.24) is 24.4 Å². The van der Waals surface area contributed by atoms with Crippen LogP contribution >= 0.6 is 0 Å². The van der Waals surface area contributed by atoms with E-state index in [1.807, 2.05) is 54.0 Å². The van der Waals surface area contributed by atoms with Gasteiger partial charge in [-0.1, -0.05) is 18.7 Å². The van der Waals surface area contributed by atoms with E-state index >= 15 is 0 Å². The lowest BCUT2D eigenvalue weighted by Gasteiger charge is -2.26. The summed E-state index contributed by atoms with van der Waals surface area (Å²) in [6.07, 6.45) is 7.25. The standard InChI is InChI=1S/C23H26N8O2/c1-4-19(32)31-10-8-17(14-31)30(3)18-13-26-20(21(24)33)22(28-18)27-16-7-5-6-15(12-16)23-25-9-11-29(23)2/h4-7,9,11-13,17H,1,8,10,14H2,2-3H3,(H2,24,33)(H,27,28)/t17-/m1/s1. The molecule has 1 saturated heterocycles. The smallest absolute Gasteiger partial charge is 0.271 e. The van der Waals surface area contributed by atoms with E-state index in [1.165, 1.54) is 12.3 Å². The minimum absolute atomic E-state index is 0.0458. The molecule has 3 aromatic rings. The van der Waals surface area contributed by atoms with Gasteiger partial charge in [-0.3, -0.25) is 9.59 Å². The Balaban J connectivity index is 1.60. The van der Waals surface area contributed by atoms with Crippen molar-refractivity contribution in [2.24, 2.45) is 12.8 Å². The van der Waals surface area contributed by atoms with Crippen LogP contribution in [0.25, 0.3) is 11.4 Å². The minimum atomic E-state index is -0.678. The minimum Gasteiger partial charge on any atom is -0.364 e. The van der Waals surface area contributed by atoms with Gasteiger partial charge in [-0.2, -0.15) is 0 Å². The van der Waals surface area contributed by atoms with E-state index in [0.29, 0.717) is 18.9 Å². The molecule has 1 aromatic carbocycles. The number of anilines is 3. The number of likely N-dealkylation sites (N-methyl/N-ethyl adjacent to an activating group) is 1. The molecule has 2 aromatic heterocycles. The average molecular weight is 447 g/mol. The summed E-state index contributed by atoms with van der Waals surface area (Å²) >= 11 is 0. The second-order valence-electron chi connectivity index (χ2n) is 7.90. The Hall–Kier alpha value is -4.21. The molecule has 3 N–H and O–H groups in total. The van der Waals surface area contributed by atoms with E-state index in [1.54, 1.807) is 11.1 Å². The lowest BCUT2D eigenvalue weighted by molar-refractivity contribution is -0.125. The van der Waals surface area contributed by atoms with Crippen molar-refractivity contribution in [3.05, 3.63) is 61.2 Å². The summed E-state index contributed by atoms with van der Waals surface area (Å²) in [6, 6.07) is 7.70. The lowest BCUT2D eigenvalue weighted by atomic mass is 10.2. The van der Waals surface area contributed by atoms with E-state index < -0.39 is 5.91 Å². The molecule has 0 unspecified atom stereocenters. The van der Waals surface area contributed by atoms with Gasteiger partial charge < -0.3 is 25.4 Å². The van der Waals surface area contributed by atoms with Gasteiger partial charge >= 0.3 is 0 Å². The second kappa shape index (κ2) is 9.11. The molecule has 0 bridgehead atoms. The fraction of sp³-hybridized carbons (Fsp3) is 0.261. The Morgan fingerprint density at radius 2 is 2.15 bits per heavy atom. The zero-order chi connectivity index (χ0) is 23.5. The quantitative estimate of drug-likeness (QED) is 0.532. The number of imidazole rings is 1. The first kappa shape index (κ1) is 22.0. The Labute approximate surface area is 191 Å². The number of likely N-dealkylation sites (tertiary alicyclic amines) is 1. The summed E-state index contributed by atoms with van der Waals surface area (Å²) in [5.74, 6) is 0.883. The van der Waals surface area contributed by atoms with Crippen LogP contribution in [0.2, 0.25) is 0 Å². The summed E-state index contributed by atoms with van der Waals surface area (Å²) in [5.41, 5.74) is 7.22. The van der Waals surface area contributed by atoms with Gasteiger partial charge in [0, 0.05) is 56.9 Å². The maximum Gasteiger partial charge on any atom is 0.271 e. The normalized spacial score (nSPS) is 15.3. The van der Waals surface area contributed by atoms with Crippen LogP contribution in [0, 0.1) is 0 Å². The maximum absolute atomic E-state index is 12.0. The average Bonchev–Trinajstić information content (AvgIpc) is 3.47. The van der Waals surface area contributed by atoms with Gasteiger partial charge in [0.2, 0.25) is 5.91 Å². The van der Waals surface area contributed by atoms with Gasteiger partial charge in [-0.15, -0.1) is 0 Å². The third kappa shape index (κ3) is 4.54. The van der Waals surface area contributed by atoms with Crippen LogP contribution in [0.4, 0.5) is 17.3 Å². The van der Waals surface area contributed by atoms with Crippen molar-refractivity contribution in [3.63, 3.8) is 0 Å². The molecule has 170 valence electrons. The number of amides is 2. The van der Waals surface area contributed by atoms with E-state index in [2.05, 4.69) is 26.8 Å². The topological polar surface area (TPSA) is 122 Å². The van der Waals surface area contributed by atoms with Crippen molar-refractivity contribution in [3.8, 4) is 11.4 Å². The zero-order valence-electron chi connectivity index (χ0n) is 18.6. The zero-order valence-corrected chi connectivity index (χ0v) is 18.6. The number of carbonyl (C=O) groups is 2. The Morgan fingerprint density at radius 3 is 2.85 bits per heavy atom. The molecule has 0 radical (unpaired) electrons. The third-order valence-electron chi connectivity index (χ3n) is 5.76. The number of aromatic nitrogens is 4. The van der Waals surface area contributed by atoms with Crippen LogP contribution in [0.15, 0.2) is 55.5 Å². The summed E-state index contributed by atoms with van der Waals surface area (Å²) in [4.78, 5) is 40.9. The Bertz CT molecular complexity index is 1200. The van der Waals surface area contributed by atoms with Crippen molar-refractivity contribution in [1.29, 1.82) is 0 Å². The van der Waals surface area contributed by atoms with E-state index in [4.69, 9.17) is 5.73 Å². The molecule has 1 aliphatic rings. The number of hydrogen-bond donors (Lipinski definition) is 2. The Kier molecular flexibility index (Phi) is 6.07. The SMILES string of the molecule is C=CC(=O)N1CC[C@@H](N(C)c2cnc(C(N)=O)c(Nc3cccc(-c4nccn4C)c3)n2)C1. The number of benzene rings is 1. The van der Waals surface area contributed by atoms with Gasteiger partial charge in [0.05, 0.1) is 6.20 Å². The Morgan fingerprint density at radius 1 is 1.33 bits per heavy atom. The van der Waals surface area contributed by atoms with Crippen LogP contribution in [-0.2, 0) is 11.8 Å². The molecular formula is C23H26N8O2. The molecule has 0 spiro atoms. The van der Waals surface area contributed by atoms with Gasteiger partial charge in [-0.25, -0.2) is 15.0 Å². The highest BCUT2D eigenvalue weighted by Crippen LogP contribution is 2.26. The van der Waals surface area contributed by atoms with Crippen LogP contribution in [-0.4, -0.2) is 62.4 Å². The highest BCUT2D eigenvalue weighted by Gasteiger charge is 2.29. The number of carbonyl (C=O) groups excluding carboxylic acids is 2. The van der Waals surface area contributed by atoms with Crippen molar-refractivity contribution in [2.75, 3.05) is 30.4 Å². The number of primary amides is 1. The first-order valence-corrected chi connectivity index (χ1v) is 10.5. The molecule has 33 heavy (non-hydrogen) atoms. The fourth-order valence-corrected chi connectivity index (χ4v) is 3.91.